The highest BCUT2D eigenvalue weighted by Gasteiger charge is 2.21. The third kappa shape index (κ3) is 4.51. The van der Waals surface area contributed by atoms with Crippen molar-refractivity contribution in [2.45, 2.75) is 32.1 Å². The lowest BCUT2D eigenvalue weighted by Crippen LogP contribution is -2.36. The predicted molar refractivity (Wildman–Crippen MR) is 103 cm³/mol. The van der Waals surface area contributed by atoms with E-state index in [-0.39, 0.29) is 17.7 Å². The molecule has 0 unspecified atom stereocenters. The third-order valence-corrected chi connectivity index (χ3v) is 5.03. The molecule has 0 bridgehead atoms. The zero-order valence-electron chi connectivity index (χ0n) is 15.3. The lowest BCUT2D eigenvalue weighted by atomic mass is 9.86. The van der Waals surface area contributed by atoms with Gasteiger partial charge in [-0.15, -0.1) is 0 Å². The van der Waals surface area contributed by atoms with E-state index in [1.807, 2.05) is 35.2 Å². The topological polar surface area (TPSA) is 49.4 Å². The molecule has 0 aromatic heterocycles. The minimum atomic E-state index is 0.0220. The summed E-state index contributed by atoms with van der Waals surface area (Å²) >= 11 is 0. The molecule has 1 N–H and O–H groups in total. The van der Waals surface area contributed by atoms with E-state index in [1.165, 1.54) is 11.1 Å². The molecule has 0 aliphatic carbocycles. The lowest BCUT2D eigenvalue weighted by Gasteiger charge is -2.20. The number of nitrogens with zero attached hydrogens (tertiary/aromatic N) is 1. The Balaban J connectivity index is 1.65. The van der Waals surface area contributed by atoms with Crippen LogP contribution in [0.2, 0.25) is 0 Å². The molecule has 2 aromatic rings. The Morgan fingerprint density at radius 3 is 2.54 bits per heavy atom. The van der Waals surface area contributed by atoms with Crippen molar-refractivity contribution in [2.75, 3.05) is 19.6 Å². The van der Waals surface area contributed by atoms with Crippen molar-refractivity contribution < 1.29 is 9.59 Å². The van der Waals surface area contributed by atoms with Crippen LogP contribution in [0.1, 0.15) is 41.9 Å². The van der Waals surface area contributed by atoms with Crippen molar-refractivity contribution in [1.29, 1.82) is 0 Å². The highest BCUT2D eigenvalue weighted by molar-refractivity contribution is 5.79. The Morgan fingerprint density at radius 1 is 1.12 bits per heavy atom. The van der Waals surface area contributed by atoms with Crippen LogP contribution in [0.3, 0.4) is 0 Å². The van der Waals surface area contributed by atoms with Crippen LogP contribution in [0.15, 0.2) is 54.6 Å². The fraction of sp³-hybridized carbons (Fsp3) is 0.364. The number of carbonyl (C=O) groups is 2. The van der Waals surface area contributed by atoms with E-state index >= 15 is 0 Å². The van der Waals surface area contributed by atoms with Crippen LogP contribution >= 0.6 is 0 Å². The Morgan fingerprint density at radius 2 is 1.85 bits per heavy atom. The van der Waals surface area contributed by atoms with Gasteiger partial charge < -0.3 is 10.2 Å². The minimum Gasteiger partial charge on any atom is -0.354 e. The van der Waals surface area contributed by atoms with E-state index in [4.69, 9.17) is 0 Å². The molecule has 26 heavy (non-hydrogen) atoms. The summed E-state index contributed by atoms with van der Waals surface area (Å²) in [7, 11) is 0. The van der Waals surface area contributed by atoms with Crippen LogP contribution in [0.5, 0.6) is 0 Å². The lowest BCUT2D eigenvalue weighted by molar-refractivity contribution is -0.128. The molecule has 0 spiro atoms. The maximum absolute atomic E-state index is 12.6. The van der Waals surface area contributed by atoms with Crippen molar-refractivity contribution >= 4 is 11.8 Å². The van der Waals surface area contributed by atoms with E-state index in [0.29, 0.717) is 25.9 Å². The molecule has 136 valence electrons. The van der Waals surface area contributed by atoms with Gasteiger partial charge in [-0.1, -0.05) is 54.6 Å². The van der Waals surface area contributed by atoms with Gasteiger partial charge >= 0.3 is 0 Å². The van der Waals surface area contributed by atoms with E-state index in [1.54, 1.807) is 0 Å². The first-order valence-electron chi connectivity index (χ1n) is 9.30. The summed E-state index contributed by atoms with van der Waals surface area (Å²) in [6.07, 6.45) is 1.97. The Hall–Kier alpha value is -2.62. The van der Waals surface area contributed by atoms with Crippen molar-refractivity contribution in [2.24, 2.45) is 0 Å². The molecule has 2 aromatic carbocycles. The number of nitrogens with one attached hydrogen (secondary N) is 1. The average molecular weight is 350 g/mol. The zero-order chi connectivity index (χ0) is 18.4. The van der Waals surface area contributed by atoms with Gasteiger partial charge in [0.25, 0.3) is 0 Å². The molecule has 1 saturated heterocycles. The Labute approximate surface area is 155 Å². The van der Waals surface area contributed by atoms with Crippen molar-refractivity contribution in [3.8, 4) is 0 Å². The molecule has 0 radical (unpaired) electrons. The molecule has 0 saturated carbocycles. The zero-order valence-corrected chi connectivity index (χ0v) is 15.3. The number of amides is 2. The number of likely N-dealkylation sites (tertiary alicyclic amines) is 1. The van der Waals surface area contributed by atoms with E-state index in [9.17, 15) is 9.59 Å². The second kappa shape index (κ2) is 8.65. The van der Waals surface area contributed by atoms with Crippen molar-refractivity contribution in [1.82, 2.24) is 10.2 Å². The van der Waals surface area contributed by atoms with Gasteiger partial charge in [0.1, 0.15) is 0 Å². The highest BCUT2D eigenvalue weighted by atomic mass is 16.2. The van der Waals surface area contributed by atoms with Gasteiger partial charge in [-0.3, -0.25) is 9.59 Å². The number of hydrogen-bond acceptors (Lipinski definition) is 2. The molecule has 4 heteroatoms. The number of hydrogen-bond donors (Lipinski definition) is 1. The predicted octanol–water partition coefficient (Wildman–Crippen LogP) is 3.26. The summed E-state index contributed by atoms with van der Waals surface area (Å²) < 4.78 is 0. The summed E-state index contributed by atoms with van der Waals surface area (Å²) in [5, 5.41) is 2.99. The average Bonchev–Trinajstić information content (AvgIpc) is 3.06. The smallest absolute Gasteiger partial charge is 0.222 e. The quantitative estimate of drug-likeness (QED) is 0.833. The van der Waals surface area contributed by atoms with Gasteiger partial charge in [0, 0.05) is 38.4 Å². The van der Waals surface area contributed by atoms with E-state index < -0.39 is 0 Å². The highest BCUT2D eigenvalue weighted by Crippen LogP contribution is 2.30. The fourth-order valence-corrected chi connectivity index (χ4v) is 3.60. The second-order valence-electron chi connectivity index (χ2n) is 6.86. The van der Waals surface area contributed by atoms with Crippen molar-refractivity contribution in [3.63, 3.8) is 0 Å². The van der Waals surface area contributed by atoms with Gasteiger partial charge in [-0.05, 0) is 30.0 Å². The fourth-order valence-electron chi connectivity index (χ4n) is 3.60. The molecule has 1 fully saturated rings. The number of benzene rings is 2. The minimum absolute atomic E-state index is 0.0220. The maximum atomic E-state index is 12.6. The summed E-state index contributed by atoms with van der Waals surface area (Å²) in [6.45, 7) is 4.01. The monoisotopic (exact) mass is 350 g/mol. The van der Waals surface area contributed by atoms with Crippen LogP contribution in [0.25, 0.3) is 0 Å². The van der Waals surface area contributed by atoms with Crippen molar-refractivity contribution in [3.05, 3.63) is 71.3 Å². The first-order valence-corrected chi connectivity index (χ1v) is 9.30. The van der Waals surface area contributed by atoms with Gasteiger partial charge in [-0.2, -0.15) is 0 Å². The molecule has 1 aliphatic rings. The number of carbonyl (C=O) groups excluding carboxylic acids is 2. The summed E-state index contributed by atoms with van der Waals surface area (Å²) in [5.74, 6) is 0.251. The largest absolute Gasteiger partial charge is 0.354 e. The van der Waals surface area contributed by atoms with Crippen LogP contribution in [0, 0.1) is 6.92 Å². The van der Waals surface area contributed by atoms with Crippen LogP contribution < -0.4 is 5.32 Å². The Kier molecular flexibility index (Phi) is 6.05. The molecule has 2 amide bonds. The second-order valence-corrected chi connectivity index (χ2v) is 6.86. The molecule has 4 nitrogen and oxygen atoms in total. The first-order chi connectivity index (χ1) is 12.6. The van der Waals surface area contributed by atoms with Crippen LogP contribution in [0.4, 0.5) is 0 Å². The molecule has 3 rings (SSSR count). The molecular weight excluding hydrogens is 324 g/mol. The van der Waals surface area contributed by atoms with Gasteiger partial charge in [0.05, 0.1) is 0 Å². The standard InChI is InChI=1S/C22H26N2O2/c1-17-8-5-6-11-19(17)20(18-9-3-2-4-10-18)16-21(25)23-13-15-24-14-7-12-22(24)26/h2-6,8-11,20H,7,12-16H2,1H3,(H,23,25)/t20-/m0/s1. The van der Waals surface area contributed by atoms with Crippen LogP contribution in [-0.4, -0.2) is 36.3 Å². The molecule has 1 atom stereocenters. The summed E-state index contributed by atoms with van der Waals surface area (Å²) in [4.78, 5) is 26.0. The van der Waals surface area contributed by atoms with E-state index in [0.717, 1.165) is 18.5 Å². The summed E-state index contributed by atoms with van der Waals surface area (Å²) in [5.41, 5.74) is 3.52. The van der Waals surface area contributed by atoms with E-state index in [2.05, 4.69) is 36.5 Å². The first kappa shape index (κ1) is 18.2. The van der Waals surface area contributed by atoms with Crippen LogP contribution in [-0.2, 0) is 9.59 Å². The van der Waals surface area contributed by atoms with Gasteiger partial charge in [-0.25, -0.2) is 0 Å². The third-order valence-electron chi connectivity index (χ3n) is 5.03. The van der Waals surface area contributed by atoms with Gasteiger partial charge in [0.2, 0.25) is 11.8 Å². The Bertz CT molecular complexity index is 758. The SMILES string of the molecule is Cc1ccccc1[C@@H](CC(=O)NCCN1CCCC1=O)c1ccccc1. The maximum Gasteiger partial charge on any atom is 0.222 e. The molecule has 1 aliphatic heterocycles. The molecule has 1 heterocycles. The normalized spacial score (nSPS) is 15.1. The number of rotatable bonds is 7. The number of aryl methyl sites for hydroxylation is 1. The molecular formula is C22H26N2O2. The summed E-state index contributed by atoms with van der Waals surface area (Å²) in [6, 6.07) is 18.4. The van der Waals surface area contributed by atoms with Gasteiger partial charge in [0.15, 0.2) is 0 Å².